The summed E-state index contributed by atoms with van der Waals surface area (Å²) < 4.78 is 1.79. The molecule has 0 aromatic carbocycles. The van der Waals surface area contributed by atoms with Crippen molar-refractivity contribution in [1.29, 1.82) is 0 Å². The van der Waals surface area contributed by atoms with E-state index in [1.165, 1.54) is 17.3 Å². The van der Waals surface area contributed by atoms with Gasteiger partial charge in [-0.2, -0.15) is 4.98 Å². The van der Waals surface area contributed by atoms with Gasteiger partial charge in [-0.25, -0.2) is 9.50 Å². The molecule has 22 heavy (non-hydrogen) atoms. The first-order valence-electron chi connectivity index (χ1n) is 7.69. The van der Waals surface area contributed by atoms with E-state index in [2.05, 4.69) is 34.2 Å². The maximum atomic E-state index is 11.5. The number of nitrogens with one attached hydrogen (secondary N) is 1. The summed E-state index contributed by atoms with van der Waals surface area (Å²) in [5.74, 6) is 0.926. The normalized spacial score (nSPS) is 11.1. The molecule has 2 rings (SSSR count). The zero-order chi connectivity index (χ0) is 16.1. The van der Waals surface area contributed by atoms with Crippen LogP contribution in [0.25, 0.3) is 5.78 Å². The Morgan fingerprint density at radius 1 is 1.27 bits per heavy atom. The van der Waals surface area contributed by atoms with Crippen LogP contribution in [0.15, 0.2) is 5.16 Å². The van der Waals surface area contributed by atoms with E-state index >= 15 is 0 Å². The number of amides is 1. The van der Waals surface area contributed by atoms with Crippen molar-refractivity contribution in [2.45, 2.75) is 52.1 Å². The Balaban J connectivity index is 2.22. The number of aromatic nitrogens is 4. The molecule has 6 nitrogen and oxygen atoms in total. The van der Waals surface area contributed by atoms with Crippen molar-refractivity contribution in [2.24, 2.45) is 0 Å². The van der Waals surface area contributed by atoms with Gasteiger partial charge < -0.3 is 5.32 Å². The van der Waals surface area contributed by atoms with Gasteiger partial charge in [0.2, 0.25) is 11.1 Å². The number of carbonyl (C=O) groups excluding carboxylic acids is 1. The number of carbonyl (C=O) groups is 1. The van der Waals surface area contributed by atoms with E-state index in [1.54, 1.807) is 4.52 Å². The van der Waals surface area contributed by atoms with Crippen LogP contribution in [0.5, 0.6) is 0 Å². The minimum absolute atomic E-state index is 0.00384. The monoisotopic (exact) mass is 321 g/mol. The summed E-state index contributed by atoms with van der Waals surface area (Å²) in [5, 5.41) is 7.84. The minimum Gasteiger partial charge on any atom is -0.356 e. The smallest absolute Gasteiger partial charge is 0.253 e. The van der Waals surface area contributed by atoms with Crippen LogP contribution in [-0.2, 0) is 11.2 Å². The SMILES string of the molecule is CCCCc1c(C)nc2nc(SCC(=O)NCC)nn2c1C. The lowest BCUT2D eigenvalue weighted by Gasteiger charge is -2.09. The van der Waals surface area contributed by atoms with E-state index < -0.39 is 0 Å². The van der Waals surface area contributed by atoms with Crippen molar-refractivity contribution in [3.05, 3.63) is 17.0 Å². The van der Waals surface area contributed by atoms with Gasteiger partial charge in [0.15, 0.2) is 0 Å². The van der Waals surface area contributed by atoms with Gasteiger partial charge in [-0.15, -0.1) is 5.10 Å². The fraction of sp³-hybridized carbons (Fsp3) is 0.600. The Kier molecular flexibility index (Phi) is 5.76. The highest BCUT2D eigenvalue weighted by Crippen LogP contribution is 2.19. The zero-order valence-corrected chi connectivity index (χ0v) is 14.5. The second-order valence-corrected chi connectivity index (χ2v) is 6.16. The Labute approximate surface area is 135 Å². The third kappa shape index (κ3) is 3.76. The first kappa shape index (κ1) is 16.7. The van der Waals surface area contributed by atoms with Crippen molar-refractivity contribution in [3.63, 3.8) is 0 Å². The van der Waals surface area contributed by atoms with Gasteiger partial charge in [0.25, 0.3) is 5.78 Å². The van der Waals surface area contributed by atoms with E-state index in [-0.39, 0.29) is 5.91 Å². The number of aryl methyl sites for hydroxylation is 2. The predicted molar refractivity (Wildman–Crippen MR) is 88.3 cm³/mol. The number of thioether (sulfide) groups is 1. The third-order valence-corrected chi connectivity index (χ3v) is 4.35. The van der Waals surface area contributed by atoms with E-state index in [0.717, 1.165) is 30.7 Å². The Hall–Kier alpha value is -1.63. The van der Waals surface area contributed by atoms with Crippen LogP contribution in [0.3, 0.4) is 0 Å². The average molecular weight is 321 g/mol. The summed E-state index contributed by atoms with van der Waals surface area (Å²) in [6.07, 6.45) is 3.31. The van der Waals surface area contributed by atoms with Gasteiger partial charge in [0.1, 0.15) is 0 Å². The Bertz CT molecular complexity index is 667. The zero-order valence-electron chi connectivity index (χ0n) is 13.6. The van der Waals surface area contributed by atoms with Crippen LogP contribution in [0, 0.1) is 13.8 Å². The van der Waals surface area contributed by atoms with Crippen LogP contribution < -0.4 is 5.32 Å². The number of unbranched alkanes of at least 4 members (excludes halogenated alkanes) is 1. The molecule has 0 radical (unpaired) electrons. The lowest BCUT2D eigenvalue weighted by atomic mass is 10.1. The molecule has 0 bridgehead atoms. The summed E-state index contributed by atoms with van der Waals surface area (Å²) in [7, 11) is 0. The fourth-order valence-corrected chi connectivity index (χ4v) is 2.99. The molecule has 120 valence electrons. The van der Waals surface area contributed by atoms with Gasteiger partial charge in [-0.3, -0.25) is 4.79 Å². The van der Waals surface area contributed by atoms with Crippen molar-refractivity contribution in [1.82, 2.24) is 24.9 Å². The topological polar surface area (TPSA) is 72.2 Å². The van der Waals surface area contributed by atoms with Crippen molar-refractivity contribution < 1.29 is 4.79 Å². The molecule has 2 aromatic heterocycles. The molecule has 2 aromatic rings. The highest BCUT2D eigenvalue weighted by molar-refractivity contribution is 7.99. The van der Waals surface area contributed by atoms with Crippen LogP contribution in [0.2, 0.25) is 0 Å². The molecule has 0 unspecified atom stereocenters. The summed E-state index contributed by atoms with van der Waals surface area (Å²) in [6, 6.07) is 0. The standard InChI is InChI=1S/C15H23N5OS/c1-5-7-8-12-10(3)17-14-18-15(19-20(14)11(12)4)22-9-13(21)16-6-2/h5-9H2,1-4H3,(H,16,21). The van der Waals surface area contributed by atoms with Gasteiger partial charge in [-0.05, 0) is 39.2 Å². The summed E-state index contributed by atoms with van der Waals surface area (Å²) >= 11 is 1.34. The van der Waals surface area contributed by atoms with Crippen molar-refractivity contribution in [2.75, 3.05) is 12.3 Å². The molecule has 0 saturated carbocycles. The van der Waals surface area contributed by atoms with E-state index in [9.17, 15) is 4.79 Å². The molecule has 0 aliphatic heterocycles. The van der Waals surface area contributed by atoms with Crippen molar-refractivity contribution in [3.8, 4) is 0 Å². The highest BCUT2D eigenvalue weighted by Gasteiger charge is 2.14. The van der Waals surface area contributed by atoms with Gasteiger partial charge in [0.05, 0.1) is 5.75 Å². The number of nitrogens with zero attached hydrogens (tertiary/aromatic N) is 4. The predicted octanol–water partition coefficient (Wildman–Crippen LogP) is 2.31. The minimum atomic E-state index is -0.00384. The molecule has 0 aliphatic carbocycles. The van der Waals surface area contributed by atoms with Crippen LogP contribution in [0.4, 0.5) is 0 Å². The van der Waals surface area contributed by atoms with E-state index in [1.807, 2.05) is 13.8 Å². The highest BCUT2D eigenvalue weighted by atomic mass is 32.2. The molecule has 0 fully saturated rings. The van der Waals surface area contributed by atoms with Crippen LogP contribution in [-0.4, -0.2) is 37.8 Å². The molecular weight excluding hydrogens is 298 g/mol. The molecule has 0 aliphatic rings. The molecular formula is C15H23N5OS. The van der Waals surface area contributed by atoms with Crippen LogP contribution in [0.1, 0.15) is 43.6 Å². The van der Waals surface area contributed by atoms with Gasteiger partial charge in [-0.1, -0.05) is 25.1 Å². The lowest BCUT2D eigenvalue weighted by molar-refractivity contribution is -0.118. The first-order chi connectivity index (χ1) is 10.6. The fourth-order valence-electron chi connectivity index (χ4n) is 2.34. The number of fused-ring (bicyclic) bond motifs is 1. The second kappa shape index (κ2) is 7.58. The largest absolute Gasteiger partial charge is 0.356 e. The van der Waals surface area contributed by atoms with Crippen LogP contribution >= 0.6 is 11.8 Å². The Morgan fingerprint density at radius 3 is 2.73 bits per heavy atom. The molecule has 2 heterocycles. The van der Waals surface area contributed by atoms with E-state index in [4.69, 9.17) is 0 Å². The van der Waals surface area contributed by atoms with Gasteiger partial charge in [0, 0.05) is 17.9 Å². The lowest BCUT2D eigenvalue weighted by Crippen LogP contribution is -2.24. The number of rotatable bonds is 7. The second-order valence-electron chi connectivity index (χ2n) is 5.21. The number of hydrogen-bond donors (Lipinski definition) is 1. The number of hydrogen-bond acceptors (Lipinski definition) is 5. The molecule has 1 N–H and O–H groups in total. The first-order valence-corrected chi connectivity index (χ1v) is 8.67. The molecule has 0 atom stereocenters. The molecule has 0 saturated heterocycles. The quantitative estimate of drug-likeness (QED) is 0.792. The summed E-state index contributed by atoms with van der Waals surface area (Å²) in [6.45, 7) is 8.80. The van der Waals surface area contributed by atoms with Crippen molar-refractivity contribution >= 4 is 23.4 Å². The third-order valence-electron chi connectivity index (χ3n) is 3.52. The van der Waals surface area contributed by atoms with Gasteiger partial charge >= 0.3 is 0 Å². The molecule has 1 amide bonds. The maximum absolute atomic E-state index is 11.5. The summed E-state index contributed by atoms with van der Waals surface area (Å²) in [5.41, 5.74) is 3.36. The molecule has 0 spiro atoms. The summed E-state index contributed by atoms with van der Waals surface area (Å²) in [4.78, 5) is 20.5. The molecule has 7 heteroatoms. The Morgan fingerprint density at radius 2 is 2.05 bits per heavy atom. The average Bonchev–Trinajstić information content (AvgIpc) is 2.88. The van der Waals surface area contributed by atoms with E-state index in [0.29, 0.717) is 23.2 Å². The maximum Gasteiger partial charge on any atom is 0.253 e.